The van der Waals surface area contributed by atoms with Gasteiger partial charge in [0, 0.05) is 38.6 Å². The minimum atomic E-state index is 0. The van der Waals surface area contributed by atoms with Crippen LogP contribution < -0.4 is 15.4 Å². The lowest BCUT2D eigenvalue weighted by atomic mass is 10.1. The normalized spacial score (nSPS) is 10.9. The number of phenolic OH excluding ortho intramolecular Hbond substituents is 1. The number of aromatic hydroxyl groups is 1. The molecule has 25 heavy (non-hydrogen) atoms. The number of aliphatic imine (C=N–C) groups is 1. The molecular formula is C18H27IN4O2. The molecule has 7 heteroatoms. The molecule has 138 valence electrons. The van der Waals surface area contributed by atoms with Crippen LogP contribution in [0.2, 0.25) is 0 Å². The third kappa shape index (κ3) is 6.85. The van der Waals surface area contributed by atoms with E-state index in [0.29, 0.717) is 18.7 Å². The third-order valence-corrected chi connectivity index (χ3v) is 3.63. The molecule has 0 unspecified atom stereocenters. The van der Waals surface area contributed by atoms with Crippen molar-refractivity contribution in [1.29, 1.82) is 0 Å². The van der Waals surface area contributed by atoms with Crippen LogP contribution in [0.3, 0.4) is 0 Å². The topological polar surface area (TPSA) is 70.8 Å². The van der Waals surface area contributed by atoms with Crippen molar-refractivity contribution in [3.8, 4) is 11.5 Å². The Morgan fingerprint density at radius 1 is 1.20 bits per heavy atom. The van der Waals surface area contributed by atoms with Gasteiger partial charge in [0.25, 0.3) is 0 Å². The molecule has 0 aliphatic heterocycles. The van der Waals surface area contributed by atoms with E-state index in [9.17, 15) is 5.11 Å². The van der Waals surface area contributed by atoms with E-state index in [1.54, 1.807) is 13.2 Å². The van der Waals surface area contributed by atoms with E-state index >= 15 is 0 Å². The molecule has 0 radical (unpaired) electrons. The Hall–Kier alpha value is -1.90. The zero-order valence-electron chi connectivity index (χ0n) is 14.7. The van der Waals surface area contributed by atoms with Crippen LogP contribution in [-0.2, 0) is 13.0 Å². The predicted octanol–water partition coefficient (Wildman–Crippen LogP) is 2.62. The number of para-hydroxylation sites is 1. The van der Waals surface area contributed by atoms with Crippen molar-refractivity contribution in [2.24, 2.45) is 4.99 Å². The molecule has 1 aromatic heterocycles. The molecule has 0 saturated heterocycles. The number of rotatable bonds is 8. The molecule has 2 rings (SSSR count). The molecule has 0 fully saturated rings. The Bertz CT molecular complexity index is 645. The molecule has 0 amide bonds. The lowest BCUT2D eigenvalue weighted by molar-refractivity contribution is 0.370. The first-order valence-electron chi connectivity index (χ1n) is 8.22. The average molecular weight is 458 g/mol. The lowest BCUT2D eigenvalue weighted by Gasteiger charge is -2.12. The maximum Gasteiger partial charge on any atom is 0.191 e. The summed E-state index contributed by atoms with van der Waals surface area (Å²) in [5.41, 5.74) is 0.835. The summed E-state index contributed by atoms with van der Waals surface area (Å²) in [6.07, 6.45) is 4.73. The number of methoxy groups -OCH3 is 1. The molecule has 1 aromatic carbocycles. The van der Waals surface area contributed by atoms with Gasteiger partial charge in [-0.05, 0) is 37.1 Å². The van der Waals surface area contributed by atoms with E-state index in [2.05, 4.69) is 20.2 Å². The second-order valence-electron chi connectivity index (χ2n) is 5.33. The van der Waals surface area contributed by atoms with E-state index in [-0.39, 0.29) is 29.7 Å². The summed E-state index contributed by atoms with van der Waals surface area (Å²) < 4.78 is 7.24. The zero-order chi connectivity index (χ0) is 17.2. The van der Waals surface area contributed by atoms with Crippen molar-refractivity contribution in [2.75, 3.05) is 26.7 Å². The van der Waals surface area contributed by atoms with Crippen LogP contribution in [0.1, 0.15) is 12.5 Å². The van der Waals surface area contributed by atoms with E-state index < -0.39 is 0 Å². The Morgan fingerprint density at radius 3 is 2.64 bits per heavy atom. The number of phenols is 1. The third-order valence-electron chi connectivity index (χ3n) is 3.63. The van der Waals surface area contributed by atoms with Gasteiger partial charge in [-0.15, -0.1) is 24.0 Å². The number of nitrogens with one attached hydrogen (secondary N) is 2. The number of nitrogens with zero attached hydrogens (tertiary/aromatic N) is 2. The Morgan fingerprint density at radius 2 is 1.96 bits per heavy atom. The molecule has 1 heterocycles. The molecule has 0 saturated carbocycles. The summed E-state index contributed by atoms with van der Waals surface area (Å²) in [5.74, 6) is 1.47. The van der Waals surface area contributed by atoms with Gasteiger partial charge in [0.05, 0.1) is 7.11 Å². The summed E-state index contributed by atoms with van der Waals surface area (Å²) in [6.45, 7) is 5.11. The minimum Gasteiger partial charge on any atom is -0.504 e. The molecular weight excluding hydrogens is 431 g/mol. The molecule has 0 aliphatic rings. The SMILES string of the molecule is CCNC(=NCCc1cccc(OC)c1O)NCCn1cccc1.I. The Kier molecular flexibility index (Phi) is 9.83. The molecule has 2 aromatic rings. The minimum absolute atomic E-state index is 0. The zero-order valence-corrected chi connectivity index (χ0v) is 17.1. The molecule has 3 N–H and O–H groups in total. The van der Waals surface area contributed by atoms with E-state index in [1.165, 1.54) is 0 Å². The van der Waals surface area contributed by atoms with Crippen molar-refractivity contribution in [3.63, 3.8) is 0 Å². The van der Waals surface area contributed by atoms with Crippen LogP contribution in [0.4, 0.5) is 0 Å². The van der Waals surface area contributed by atoms with Gasteiger partial charge in [0.15, 0.2) is 17.5 Å². The Balaban J connectivity index is 0.00000312. The first-order chi connectivity index (χ1) is 11.7. The largest absolute Gasteiger partial charge is 0.504 e. The number of halogens is 1. The first kappa shape index (κ1) is 21.1. The van der Waals surface area contributed by atoms with E-state index in [0.717, 1.165) is 31.2 Å². The smallest absolute Gasteiger partial charge is 0.191 e. The van der Waals surface area contributed by atoms with Gasteiger partial charge >= 0.3 is 0 Å². The van der Waals surface area contributed by atoms with Gasteiger partial charge in [-0.2, -0.15) is 0 Å². The van der Waals surface area contributed by atoms with Gasteiger partial charge in [0.2, 0.25) is 0 Å². The average Bonchev–Trinajstić information content (AvgIpc) is 3.10. The molecule has 0 aliphatic carbocycles. The van der Waals surface area contributed by atoms with Gasteiger partial charge < -0.3 is 25.0 Å². The van der Waals surface area contributed by atoms with Gasteiger partial charge in [0.1, 0.15) is 0 Å². The van der Waals surface area contributed by atoms with Crippen molar-refractivity contribution < 1.29 is 9.84 Å². The maximum atomic E-state index is 10.1. The number of aromatic nitrogens is 1. The second kappa shape index (κ2) is 11.6. The summed E-state index contributed by atoms with van der Waals surface area (Å²) in [6, 6.07) is 9.53. The second-order valence-corrected chi connectivity index (χ2v) is 5.33. The number of hydrogen-bond acceptors (Lipinski definition) is 3. The highest BCUT2D eigenvalue weighted by molar-refractivity contribution is 14.0. The summed E-state index contributed by atoms with van der Waals surface area (Å²) in [5, 5.41) is 16.6. The van der Waals surface area contributed by atoms with Gasteiger partial charge in [-0.25, -0.2) is 0 Å². The number of ether oxygens (including phenoxy) is 1. The van der Waals surface area contributed by atoms with E-state index in [4.69, 9.17) is 4.74 Å². The fourth-order valence-corrected chi connectivity index (χ4v) is 2.39. The van der Waals surface area contributed by atoms with Crippen molar-refractivity contribution in [1.82, 2.24) is 15.2 Å². The summed E-state index contributed by atoms with van der Waals surface area (Å²) in [7, 11) is 1.55. The van der Waals surface area contributed by atoms with Crippen LogP contribution in [0, 0.1) is 0 Å². The van der Waals surface area contributed by atoms with Crippen LogP contribution in [0.25, 0.3) is 0 Å². The summed E-state index contributed by atoms with van der Waals surface area (Å²) in [4.78, 5) is 4.56. The Labute approximate surface area is 166 Å². The van der Waals surface area contributed by atoms with Crippen molar-refractivity contribution >= 4 is 29.9 Å². The fraction of sp³-hybridized carbons (Fsp3) is 0.389. The number of hydrogen-bond donors (Lipinski definition) is 3. The highest BCUT2D eigenvalue weighted by atomic mass is 127. The molecule has 0 bridgehead atoms. The van der Waals surface area contributed by atoms with Crippen molar-refractivity contribution in [2.45, 2.75) is 19.9 Å². The fourth-order valence-electron chi connectivity index (χ4n) is 2.39. The van der Waals surface area contributed by atoms with Crippen molar-refractivity contribution in [3.05, 3.63) is 48.3 Å². The highest BCUT2D eigenvalue weighted by Crippen LogP contribution is 2.29. The monoisotopic (exact) mass is 458 g/mol. The lowest BCUT2D eigenvalue weighted by Crippen LogP contribution is -2.39. The van der Waals surface area contributed by atoms with Crippen LogP contribution in [0.5, 0.6) is 11.5 Å². The maximum absolute atomic E-state index is 10.1. The van der Waals surface area contributed by atoms with Gasteiger partial charge in [-0.1, -0.05) is 12.1 Å². The standard InChI is InChI=1S/C18H26N4O2.HI/c1-3-19-18(21-11-14-22-12-4-5-13-22)20-10-9-15-7-6-8-16(24-2)17(15)23;/h4-8,12-13,23H,3,9-11,14H2,1-2H3,(H2,19,20,21);1H. The first-order valence-corrected chi connectivity index (χ1v) is 8.22. The number of guanidine groups is 1. The quantitative estimate of drug-likeness (QED) is 0.323. The number of benzene rings is 1. The summed E-state index contributed by atoms with van der Waals surface area (Å²) >= 11 is 0. The molecule has 6 nitrogen and oxygen atoms in total. The molecule has 0 atom stereocenters. The predicted molar refractivity (Wildman–Crippen MR) is 112 cm³/mol. The highest BCUT2D eigenvalue weighted by Gasteiger charge is 2.06. The van der Waals surface area contributed by atoms with E-state index in [1.807, 2.05) is 43.6 Å². The van der Waals surface area contributed by atoms with Crippen LogP contribution >= 0.6 is 24.0 Å². The van der Waals surface area contributed by atoms with Gasteiger partial charge in [-0.3, -0.25) is 4.99 Å². The molecule has 0 spiro atoms. The van der Waals surface area contributed by atoms with Crippen LogP contribution in [0.15, 0.2) is 47.7 Å². The van der Waals surface area contributed by atoms with Crippen LogP contribution in [-0.4, -0.2) is 42.4 Å².